The average Bonchev–Trinajstić information content (AvgIpc) is 3.38. The molecule has 0 bridgehead atoms. The lowest BCUT2D eigenvalue weighted by molar-refractivity contribution is -0.138. The molecule has 1 saturated carbocycles. The van der Waals surface area contributed by atoms with Crippen LogP contribution >= 0.6 is 24.0 Å². The van der Waals surface area contributed by atoms with E-state index in [9.17, 15) is 9.59 Å². The van der Waals surface area contributed by atoms with Crippen LogP contribution in [-0.4, -0.2) is 56.9 Å². The number of nitrogens with one attached hydrogen (secondary N) is 2. The monoisotopic (exact) mass is 527 g/mol. The van der Waals surface area contributed by atoms with Crippen LogP contribution in [0.5, 0.6) is 0 Å². The van der Waals surface area contributed by atoms with Crippen molar-refractivity contribution in [3.63, 3.8) is 0 Å². The van der Waals surface area contributed by atoms with Gasteiger partial charge in [0, 0.05) is 52.9 Å². The molecule has 0 unspecified atom stereocenters. The Morgan fingerprint density at radius 3 is 2.33 bits per heavy atom. The molecular formula is C22H34IN5O2. The van der Waals surface area contributed by atoms with Crippen LogP contribution in [0.1, 0.15) is 44.1 Å². The van der Waals surface area contributed by atoms with Crippen LogP contribution in [0, 0.1) is 5.41 Å². The highest BCUT2D eigenvalue weighted by molar-refractivity contribution is 14.0. The second-order valence-corrected chi connectivity index (χ2v) is 8.28. The lowest BCUT2D eigenvalue weighted by Gasteiger charge is -2.31. The molecule has 1 aliphatic heterocycles. The first-order valence-electron chi connectivity index (χ1n) is 10.5. The smallest absolute Gasteiger partial charge is 0.230 e. The fourth-order valence-corrected chi connectivity index (χ4v) is 4.37. The van der Waals surface area contributed by atoms with Crippen LogP contribution in [-0.2, 0) is 16.1 Å². The third-order valence-electron chi connectivity index (χ3n) is 6.02. The first-order valence-corrected chi connectivity index (χ1v) is 10.5. The molecule has 3 rings (SSSR count). The molecule has 2 aliphatic rings. The van der Waals surface area contributed by atoms with Crippen LogP contribution in [0.3, 0.4) is 0 Å². The van der Waals surface area contributed by atoms with Crippen molar-refractivity contribution >= 4 is 47.4 Å². The summed E-state index contributed by atoms with van der Waals surface area (Å²) in [5, 5.41) is 6.68. The Morgan fingerprint density at radius 1 is 1.13 bits per heavy atom. The first kappa shape index (κ1) is 24.4. The van der Waals surface area contributed by atoms with E-state index in [0.29, 0.717) is 25.5 Å². The number of benzene rings is 1. The second-order valence-electron chi connectivity index (χ2n) is 8.28. The van der Waals surface area contributed by atoms with Gasteiger partial charge in [0.2, 0.25) is 11.8 Å². The minimum atomic E-state index is -0.328. The van der Waals surface area contributed by atoms with Crippen LogP contribution in [0.15, 0.2) is 29.3 Å². The molecule has 1 aliphatic carbocycles. The molecule has 30 heavy (non-hydrogen) atoms. The molecule has 1 aromatic rings. The maximum Gasteiger partial charge on any atom is 0.230 e. The SMILES string of the molecule is CN=C(NCc1ccc(N2CCCC2=O)cc1)NCC1(C(=O)N(C)C)CCCC1.I. The van der Waals surface area contributed by atoms with Crippen molar-refractivity contribution in [2.45, 2.75) is 45.1 Å². The maximum atomic E-state index is 12.7. The van der Waals surface area contributed by atoms with E-state index in [2.05, 4.69) is 15.6 Å². The third-order valence-corrected chi connectivity index (χ3v) is 6.02. The number of carbonyl (C=O) groups is 2. The van der Waals surface area contributed by atoms with Crippen molar-refractivity contribution in [3.05, 3.63) is 29.8 Å². The molecule has 2 N–H and O–H groups in total. The Balaban J connectivity index is 0.00000320. The highest BCUT2D eigenvalue weighted by atomic mass is 127. The number of aliphatic imine (C=N–C) groups is 1. The number of hydrogen-bond donors (Lipinski definition) is 2. The molecule has 2 amide bonds. The number of rotatable bonds is 6. The van der Waals surface area contributed by atoms with Crippen molar-refractivity contribution in [3.8, 4) is 0 Å². The largest absolute Gasteiger partial charge is 0.355 e. The van der Waals surface area contributed by atoms with Gasteiger partial charge >= 0.3 is 0 Å². The van der Waals surface area contributed by atoms with E-state index in [1.807, 2.05) is 43.3 Å². The lowest BCUT2D eigenvalue weighted by atomic mass is 9.84. The van der Waals surface area contributed by atoms with Crippen molar-refractivity contribution < 1.29 is 9.59 Å². The highest BCUT2D eigenvalue weighted by Gasteiger charge is 2.42. The number of nitrogens with zero attached hydrogens (tertiary/aromatic N) is 3. The summed E-state index contributed by atoms with van der Waals surface area (Å²) < 4.78 is 0. The fraction of sp³-hybridized carbons (Fsp3) is 0.591. The molecule has 166 valence electrons. The number of anilines is 1. The molecule has 0 aromatic heterocycles. The summed E-state index contributed by atoms with van der Waals surface area (Å²) >= 11 is 0. The summed E-state index contributed by atoms with van der Waals surface area (Å²) in [4.78, 5) is 32.4. The summed E-state index contributed by atoms with van der Waals surface area (Å²) in [5.41, 5.74) is 1.75. The quantitative estimate of drug-likeness (QED) is 0.339. The summed E-state index contributed by atoms with van der Waals surface area (Å²) in [5.74, 6) is 1.10. The predicted octanol–water partition coefficient (Wildman–Crippen LogP) is 2.75. The van der Waals surface area contributed by atoms with Gasteiger partial charge in [0.1, 0.15) is 0 Å². The van der Waals surface area contributed by atoms with E-state index in [-0.39, 0.29) is 41.2 Å². The van der Waals surface area contributed by atoms with Crippen molar-refractivity contribution in [2.24, 2.45) is 10.4 Å². The lowest BCUT2D eigenvalue weighted by Crippen LogP contribution is -2.49. The zero-order valence-corrected chi connectivity index (χ0v) is 20.6. The normalized spacial score (nSPS) is 18.2. The Hall–Kier alpha value is -1.84. The van der Waals surface area contributed by atoms with Gasteiger partial charge in [-0.15, -0.1) is 24.0 Å². The van der Waals surface area contributed by atoms with Crippen LogP contribution in [0.25, 0.3) is 0 Å². The summed E-state index contributed by atoms with van der Waals surface area (Å²) in [6.45, 7) is 2.03. The Kier molecular flexibility index (Phi) is 8.93. The standard InChI is InChI=1S/C22H33N5O2.HI/c1-23-21(25-16-22(12-4-5-13-22)20(29)26(2)3)24-15-17-8-10-18(11-9-17)27-14-6-7-19(27)28;/h8-11H,4-7,12-16H2,1-3H3,(H2,23,24,25);1H. The summed E-state index contributed by atoms with van der Waals surface area (Å²) in [6, 6.07) is 8.07. The van der Waals surface area contributed by atoms with Gasteiger partial charge < -0.3 is 20.4 Å². The van der Waals surface area contributed by atoms with E-state index in [0.717, 1.165) is 49.9 Å². The molecule has 0 spiro atoms. The van der Waals surface area contributed by atoms with Crippen LogP contribution in [0.4, 0.5) is 5.69 Å². The fourth-order valence-electron chi connectivity index (χ4n) is 4.37. The number of hydrogen-bond acceptors (Lipinski definition) is 3. The predicted molar refractivity (Wildman–Crippen MR) is 131 cm³/mol. The van der Waals surface area contributed by atoms with Gasteiger partial charge in [0.15, 0.2) is 5.96 Å². The molecule has 1 saturated heterocycles. The van der Waals surface area contributed by atoms with Crippen molar-refractivity contribution in [2.75, 3.05) is 39.1 Å². The number of amides is 2. The minimum Gasteiger partial charge on any atom is -0.355 e. The average molecular weight is 527 g/mol. The third kappa shape index (κ3) is 5.65. The molecule has 1 heterocycles. The van der Waals surface area contributed by atoms with E-state index >= 15 is 0 Å². The molecule has 7 nitrogen and oxygen atoms in total. The van der Waals surface area contributed by atoms with Gasteiger partial charge in [-0.3, -0.25) is 14.6 Å². The van der Waals surface area contributed by atoms with Gasteiger partial charge in [-0.05, 0) is 37.0 Å². The minimum absolute atomic E-state index is 0. The van der Waals surface area contributed by atoms with Crippen LogP contribution < -0.4 is 15.5 Å². The number of guanidine groups is 1. The number of halogens is 1. The Bertz CT molecular complexity index is 757. The molecule has 8 heteroatoms. The Labute approximate surface area is 196 Å². The van der Waals surface area contributed by atoms with Crippen molar-refractivity contribution in [1.29, 1.82) is 0 Å². The van der Waals surface area contributed by atoms with Crippen LogP contribution in [0.2, 0.25) is 0 Å². The molecule has 2 fully saturated rings. The van der Waals surface area contributed by atoms with Gasteiger partial charge in [-0.2, -0.15) is 0 Å². The second kappa shape index (κ2) is 11.0. The summed E-state index contributed by atoms with van der Waals surface area (Å²) in [6.07, 6.45) is 5.61. The highest BCUT2D eigenvalue weighted by Crippen LogP contribution is 2.38. The molecule has 0 radical (unpaired) electrons. The van der Waals surface area contributed by atoms with E-state index in [1.165, 1.54) is 0 Å². The van der Waals surface area contributed by atoms with E-state index in [4.69, 9.17) is 0 Å². The first-order chi connectivity index (χ1) is 13.9. The zero-order chi connectivity index (χ0) is 20.9. The molecule has 0 atom stereocenters. The zero-order valence-electron chi connectivity index (χ0n) is 18.2. The topological polar surface area (TPSA) is 77.0 Å². The molecule has 1 aromatic carbocycles. The Morgan fingerprint density at radius 2 is 1.80 bits per heavy atom. The van der Waals surface area contributed by atoms with Gasteiger partial charge in [0.05, 0.1) is 5.41 Å². The molecular weight excluding hydrogens is 493 g/mol. The van der Waals surface area contributed by atoms with E-state index in [1.54, 1.807) is 11.9 Å². The van der Waals surface area contributed by atoms with Gasteiger partial charge in [-0.25, -0.2) is 0 Å². The van der Waals surface area contributed by atoms with E-state index < -0.39 is 0 Å². The summed E-state index contributed by atoms with van der Waals surface area (Å²) in [7, 11) is 5.40. The van der Waals surface area contributed by atoms with Gasteiger partial charge in [-0.1, -0.05) is 25.0 Å². The number of carbonyl (C=O) groups excluding carboxylic acids is 2. The van der Waals surface area contributed by atoms with Gasteiger partial charge in [0.25, 0.3) is 0 Å². The van der Waals surface area contributed by atoms with Crippen molar-refractivity contribution in [1.82, 2.24) is 15.5 Å². The maximum absolute atomic E-state index is 12.7.